The largest absolute Gasteiger partial charge is 0.350 e. The third kappa shape index (κ3) is 4.29. The van der Waals surface area contributed by atoms with Gasteiger partial charge in [-0.25, -0.2) is 9.29 Å². The van der Waals surface area contributed by atoms with Crippen molar-refractivity contribution < 1.29 is 14.0 Å². The van der Waals surface area contributed by atoms with Crippen molar-refractivity contribution in [3.63, 3.8) is 0 Å². The van der Waals surface area contributed by atoms with E-state index in [1.807, 2.05) is 57.2 Å². The number of hydrogen-bond donors (Lipinski definition) is 1. The standard InChI is InChI=1S/C25H20ClFN2O2S/c1-14-4-8-18(9-5-14)32-23-22(28-17-7-10-20(27)19(26)13-17)24(30)29(25(23)31)21-11-6-15(2)12-16(21)3/h4-13,28H,1-3H3. The van der Waals surface area contributed by atoms with Crippen LogP contribution < -0.4 is 10.2 Å². The highest BCUT2D eigenvalue weighted by atomic mass is 35.5. The van der Waals surface area contributed by atoms with Gasteiger partial charge in [-0.3, -0.25) is 9.59 Å². The first-order chi connectivity index (χ1) is 15.2. The summed E-state index contributed by atoms with van der Waals surface area (Å²) < 4.78 is 13.6. The maximum absolute atomic E-state index is 13.6. The zero-order chi connectivity index (χ0) is 23.0. The molecule has 4 rings (SSSR count). The van der Waals surface area contributed by atoms with Gasteiger partial charge in [0, 0.05) is 10.6 Å². The van der Waals surface area contributed by atoms with E-state index in [0.717, 1.165) is 21.6 Å². The lowest BCUT2D eigenvalue weighted by Crippen LogP contribution is -2.33. The molecule has 3 aromatic rings. The molecule has 1 N–H and O–H groups in total. The van der Waals surface area contributed by atoms with Gasteiger partial charge in [-0.1, -0.05) is 58.8 Å². The zero-order valence-corrected chi connectivity index (χ0v) is 19.3. The highest BCUT2D eigenvalue weighted by Crippen LogP contribution is 2.39. The van der Waals surface area contributed by atoms with E-state index in [-0.39, 0.29) is 15.6 Å². The predicted octanol–water partition coefficient (Wildman–Crippen LogP) is 6.39. The SMILES string of the molecule is Cc1ccc(SC2=C(Nc3ccc(F)c(Cl)c3)C(=O)N(c3ccc(C)cc3C)C2=O)cc1. The number of nitrogens with zero attached hydrogens (tertiary/aromatic N) is 1. The van der Waals surface area contributed by atoms with E-state index in [4.69, 9.17) is 11.6 Å². The number of halogens is 2. The molecule has 0 radical (unpaired) electrons. The number of carbonyl (C=O) groups excluding carboxylic acids is 2. The fourth-order valence-electron chi connectivity index (χ4n) is 3.43. The number of nitrogens with one attached hydrogen (secondary N) is 1. The second kappa shape index (κ2) is 8.81. The summed E-state index contributed by atoms with van der Waals surface area (Å²) in [6.07, 6.45) is 0. The molecule has 0 spiro atoms. The Kier molecular flexibility index (Phi) is 6.09. The quantitative estimate of drug-likeness (QED) is 0.442. The molecule has 0 atom stereocenters. The first-order valence-corrected chi connectivity index (χ1v) is 11.1. The molecule has 162 valence electrons. The molecule has 1 heterocycles. The van der Waals surface area contributed by atoms with Crippen LogP contribution in [0.2, 0.25) is 5.02 Å². The predicted molar refractivity (Wildman–Crippen MR) is 128 cm³/mol. The number of hydrogen-bond acceptors (Lipinski definition) is 4. The lowest BCUT2D eigenvalue weighted by Gasteiger charge is -2.18. The average Bonchev–Trinajstić information content (AvgIpc) is 2.97. The highest BCUT2D eigenvalue weighted by Gasteiger charge is 2.40. The number of imide groups is 1. The van der Waals surface area contributed by atoms with Crippen LogP contribution in [0.4, 0.5) is 15.8 Å². The van der Waals surface area contributed by atoms with Crippen molar-refractivity contribution in [1.29, 1.82) is 0 Å². The number of anilines is 2. The van der Waals surface area contributed by atoms with Crippen LogP contribution in [0.1, 0.15) is 16.7 Å². The normalized spacial score (nSPS) is 13.8. The Hall–Kier alpha value is -3.09. The second-order valence-corrected chi connectivity index (χ2v) is 9.10. The molecule has 0 saturated carbocycles. The summed E-state index contributed by atoms with van der Waals surface area (Å²) in [7, 11) is 0. The monoisotopic (exact) mass is 466 g/mol. The molecule has 0 unspecified atom stereocenters. The van der Waals surface area contributed by atoms with E-state index in [0.29, 0.717) is 11.4 Å². The third-order valence-electron chi connectivity index (χ3n) is 5.06. The molecule has 1 aliphatic rings. The molecule has 1 aliphatic heterocycles. The van der Waals surface area contributed by atoms with Crippen molar-refractivity contribution in [2.45, 2.75) is 25.7 Å². The van der Waals surface area contributed by atoms with Crippen molar-refractivity contribution in [2.24, 2.45) is 0 Å². The maximum atomic E-state index is 13.6. The molecule has 0 aromatic heterocycles. The molecule has 0 aliphatic carbocycles. The minimum atomic E-state index is -0.564. The number of rotatable bonds is 5. The third-order valence-corrected chi connectivity index (χ3v) is 6.44. The van der Waals surface area contributed by atoms with Crippen molar-refractivity contribution in [3.05, 3.63) is 98.8 Å². The smallest absolute Gasteiger partial charge is 0.283 e. The number of carbonyl (C=O) groups is 2. The highest BCUT2D eigenvalue weighted by molar-refractivity contribution is 8.04. The van der Waals surface area contributed by atoms with Gasteiger partial charge in [0.1, 0.15) is 16.4 Å². The van der Waals surface area contributed by atoms with Gasteiger partial charge >= 0.3 is 0 Å². The van der Waals surface area contributed by atoms with Gasteiger partial charge in [-0.05, 0) is 62.7 Å². The molecule has 0 fully saturated rings. The van der Waals surface area contributed by atoms with E-state index in [9.17, 15) is 14.0 Å². The fraction of sp³-hybridized carbons (Fsp3) is 0.120. The molecule has 4 nitrogen and oxygen atoms in total. The Morgan fingerprint density at radius 1 is 0.875 bits per heavy atom. The number of benzene rings is 3. The lowest BCUT2D eigenvalue weighted by atomic mass is 10.1. The van der Waals surface area contributed by atoms with Crippen LogP contribution in [0.5, 0.6) is 0 Å². The summed E-state index contributed by atoms with van der Waals surface area (Å²) in [4.78, 5) is 29.1. The summed E-state index contributed by atoms with van der Waals surface area (Å²) in [6, 6.07) is 17.3. The van der Waals surface area contributed by atoms with Crippen LogP contribution in [0, 0.1) is 26.6 Å². The van der Waals surface area contributed by atoms with E-state index in [1.54, 1.807) is 6.07 Å². The van der Waals surface area contributed by atoms with E-state index < -0.39 is 17.6 Å². The molecular formula is C25H20ClFN2O2S. The van der Waals surface area contributed by atoms with Crippen molar-refractivity contribution in [1.82, 2.24) is 0 Å². The number of amides is 2. The summed E-state index contributed by atoms with van der Waals surface area (Å²) in [5.74, 6) is -1.45. The van der Waals surface area contributed by atoms with Crippen molar-refractivity contribution >= 4 is 46.6 Å². The first-order valence-electron chi connectivity index (χ1n) is 9.91. The van der Waals surface area contributed by atoms with Crippen LogP contribution in [0.25, 0.3) is 0 Å². The van der Waals surface area contributed by atoms with Crippen LogP contribution >= 0.6 is 23.4 Å². The Morgan fingerprint density at radius 2 is 1.56 bits per heavy atom. The molecule has 7 heteroatoms. The summed E-state index contributed by atoms with van der Waals surface area (Å²) >= 11 is 7.12. The lowest BCUT2D eigenvalue weighted by molar-refractivity contribution is -0.120. The fourth-order valence-corrected chi connectivity index (χ4v) is 4.54. The maximum Gasteiger partial charge on any atom is 0.283 e. The summed E-state index contributed by atoms with van der Waals surface area (Å²) in [5.41, 5.74) is 4.01. The number of thioether (sulfide) groups is 1. The average molecular weight is 467 g/mol. The first kappa shape index (κ1) is 22.1. The van der Waals surface area contributed by atoms with E-state index in [1.165, 1.54) is 34.9 Å². The van der Waals surface area contributed by atoms with Crippen LogP contribution in [-0.4, -0.2) is 11.8 Å². The molecule has 0 saturated heterocycles. The van der Waals surface area contributed by atoms with Gasteiger partial charge < -0.3 is 5.32 Å². The van der Waals surface area contributed by atoms with Gasteiger partial charge in [-0.2, -0.15) is 0 Å². The Labute approximate surface area is 195 Å². The van der Waals surface area contributed by atoms with Crippen LogP contribution in [0.3, 0.4) is 0 Å². The molecular weight excluding hydrogens is 447 g/mol. The van der Waals surface area contributed by atoms with Gasteiger partial charge in [-0.15, -0.1) is 0 Å². The Morgan fingerprint density at radius 3 is 2.22 bits per heavy atom. The molecule has 3 aromatic carbocycles. The molecule has 0 bridgehead atoms. The Balaban J connectivity index is 1.77. The Bertz CT molecular complexity index is 1270. The summed E-state index contributed by atoms with van der Waals surface area (Å²) in [5, 5.41) is 2.92. The summed E-state index contributed by atoms with van der Waals surface area (Å²) in [6.45, 7) is 5.79. The van der Waals surface area contributed by atoms with Gasteiger partial charge in [0.05, 0.1) is 10.7 Å². The minimum Gasteiger partial charge on any atom is -0.350 e. The van der Waals surface area contributed by atoms with Gasteiger partial charge in [0.2, 0.25) is 0 Å². The molecule has 2 amide bonds. The topological polar surface area (TPSA) is 49.4 Å². The zero-order valence-electron chi connectivity index (χ0n) is 17.7. The van der Waals surface area contributed by atoms with Crippen molar-refractivity contribution in [3.8, 4) is 0 Å². The van der Waals surface area contributed by atoms with Gasteiger partial charge in [0.25, 0.3) is 11.8 Å². The van der Waals surface area contributed by atoms with Crippen LogP contribution in [0.15, 0.2) is 76.2 Å². The van der Waals surface area contributed by atoms with E-state index in [2.05, 4.69) is 5.32 Å². The second-order valence-electron chi connectivity index (χ2n) is 7.61. The number of aryl methyl sites for hydroxylation is 3. The van der Waals surface area contributed by atoms with E-state index >= 15 is 0 Å². The van der Waals surface area contributed by atoms with Crippen LogP contribution in [-0.2, 0) is 9.59 Å². The van der Waals surface area contributed by atoms with Gasteiger partial charge in [0.15, 0.2) is 0 Å². The van der Waals surface area contributed by atoms with Crippen molar-refractivity contribution in [2.75, 3.05) is 10.2 Å². The minimum absolute atomic E-state index is 0.0775. The molecule has 32 heavy (non-hydrogen) atoms.